The Morgan fingerprint density at radius 3 is 2.55 bits per heavy atom. The second-order valence-electron chi connectivity index (χ2n) is 6.84. The van der Waals surface area contributed by atoms with E-state index in [0.29, 0.717) is 12.1 Å². The zero-order chi connectivity index (χ0) is 21.4. The van der Waals surface area contributed by atoms with E-state index in [1.54, 1.807) is 32.0 Å². The lowest BCUT2D eigenvalue weighted by atomic mass is 10.1. The van der Waals surface area contributed by atoms with Gasteiger partial charge in [-0.15, -0.1) is 0 Å². The number of nitrogens with one attached hydrogen (secondary N) is 2. The summed E-state index contributed by atoms with van der Waals surface area (Å²) in [5, 5.41) is 14.8. The second-order valence-corrected chi connectivity index (χ2v) is 6.84. The topological polar surface area (TPSA) is 117 Å². The summed E-state index contributed by atoms with van der Waals surface area (Å²) in [6.45, 7) is 5.63. The minimum absolute atomic E-state index is 0.137. The van der Waals surface area contributed by atoms with Crippen LogP contribution in [0.25, 0.3) is 5.69 Å². The smallest absolute Gasteiger partial charge is 0.335 e. The fourth-order valence-corrected chi connectivity index (χ4v) is 3.03. The number of benzene rings is 1. The zero-order valence-electron chi connectivity index (χ0n) is 17.1. The van der Waals surface area contributed by atoms with Gasteiger partial charge in [-0.1, -0.05) is 51.3 Å². The predicted octanol–water partition coefficient (Wildman–Crippen LogP) is 2.74. The van der Waals surface area contributed by atoms with E-state index < -0.39 is 17.1 Å². The van der Waals surface area contributed by atoms with Crippen LogP contribution in [0.4, 0.5) is 0 Å². The van der Waals surface area contributed by atoms with Crippen molar-refractivity contribution in [3.8, 4) is 11.6 Å². The highest BCUT2D eigenvalue weighted by Gasteiger charge is 2.20. The van der Waals surface area contributed by atoms with Gasteiger partial charge in [-0.3, -0.25) is 14.6 Å². The molecule has 1 heterocycles. The van der Waals surface area contributed by atoms with Crippen molar-refractivity contribution in [2.75, 3.05) is 0 Å². The van der Waals surface area contributed by atoms with Crippen LogP contribution < -0.4 is 16.7 Å². The van der Waals surface area contributed by atoms with Crippen LogP contribution in [0.15, 0.2) is 39.0 Å². The molecule has 8 nitrogen and oxygen atoms in total. The van der Waals surface area contributed by atoms with E-state index >= 15 is 0 Å². The van der Waals surface area contributed by atoms with E-state index in [-0.39, 0.29) is 23.6 Å². The molecular weight excluding hydrogens is 372 g/mol. The number of amides is 1. The number of aromatic nitrogens is 2. The van der Waals surface area contributed by atoms with Gasteiger partial charge in [0.25, 0.3) is 5.56 Å². The number of aromatic amines is 1. The normalized spacial score (nSPS) is 11.5. The van der Waals surface area contributed by atoms with Crippen LogP contribution in [0.2, 0.25) is 0 Å². The number of carbonyl (C=O) groups is 1. The maximum atomic E-state index is 12.4. The molecule has 1 aromatic carbocycles. The molecule has 0 saturated carbocycles. The third-order valence-corrected chi connectivity index (χ3v) is 4.64. The molecule has 0 aliphatic rings. The van der Waals surface area contributed by atoms with Crippen LogP contribution in [-0.4, -0.2) is 26.3 Å². The number of hydrogen-bond acceptors (Lipinski definition) is 5. The van der Waals surface area contributed by atoms with Crippen LogP contribution in [0.5, 0.6) is 5.88 Å². The van der Waals surface area contributed by atoms with Crippen molar-refractivity contribution in [3.63, 3.8) is 0 Å². The number of carbonyl (C=O) groups excluding carboxylic acids is 1. The lowest BCUT2D eigenvalue weighted by Gasteiger charge is -2.14. The number of unbranched alkanes of at least 4 members (excludes halogenated alkanes) is 3. The van der Waals surface area contributed by atoms with Gasteiger partial charge < -0.3 is 5.11 Å². The highest BCUT2D eigenvalue weighted by atomic mass is 16.3. The van der Waals surface area contributed by atoms with Gasteiger partial charge in [-0.2, -0.15) is 5.10 Å². The Morgan fingerprint density at radius 2 is 1.90 bits per heavy atom. The molecular formula is C21H28N4O4. The molecule has 0 aliphatic carbocycles. The molecule has 0 spiro atoms. The zero-order valence-corrected chi connectivity index (χ0v) is 17.1. The standard InChI is InChI=1S/C21H28N4O4/c1-4-6-7-8-13-17(26)24-23-15(5-2)18-19(27)22-21(29)25(20(18)28)16-12-10-9-11-14(16)3/h9-12,28H,4-8,13H2,1-3H3,(H,24,26)(H,22,27,29). The molecule has 2 aromatic rings. The average molecular weight is 400 g/mol. The van der Waals surface area contributed by atoms with Crippen molar-refractivity contribution in [3.05, 3.63) is 56.2 Å². The quantitative estimate of drug-likeness (QED) is 0.341. The fraction of sp³-hybridized carbons (Fsp3) is 0.429. The first-order valence-corrected chi connectivity index (χ1v) is 9.90. The SMILES string of the molecule is CCCCCCC(=O)NN=C(CC)c1c(O)n(-c2ccccc2C)c(=O)[nH]c1=O. The summed E-state index contributed by atoms with van der Waals surface area (Å²) in [7, 11) is 0. The lowest BCUT2D eigenvalue weighted by molar-refractivity contribution is -0.121. The Labute approximate surface area is 169 Å². The van der Waals surface area contributed by atoms with Crippen LogP contribution >= 0.6 is 0 Å². The predicted molar refractivity (Wildman–Crippen MR) is 113 cm³/mol. The van der Waals surface area contributed by atoms with Crippen molar-refractivity contribution < 1.29 is 9.90 Å². The number of para-hydroxylation sites is 1. The second kappa shape index (κ2) is 10.4. The van der Waals surface area contributed by atoms with Crippen LogP contribution in [0.3, 0.4) is 0 Å². The summed E-state index contributed by atoms with van der Waals surface area (Å²) in [5.74, 6) is -0.763. The van der Waals surface area contributed by atoms with E-state index in [1.807, 2.05) is 6.07 Å². The molecule has 0 bridgehead atoms. The summed E-state index contributed by atoms with van der Waals surface area (Å²) in [4.78, 5) is 39.0. The number of hydrogen-bond donors (Lipinski definition) is 3. The molecule has 0 fully saturated rings. The van der Waals surface area contributed by atoms with Crippen LogP contribution in [0.1, 0.15) is 63.5 Å². The summed E-state index contributed by atoms with van der Waals surface area (Å²) < 4.78 is 1.03. The highest BCUT2D eigenvalue weighted by molar-refractivity contribution is 6.02. The maximum absolute atomic E-state index is 12.4. The number of hydrazone groups is 1. The minimum Gasteiger partial charge on any atom is -0.493 e. The van der Waals surface area contributed by atoms with Crippen molar-refractivity contribution >= 4 is 11.6 Å². The van der Waals surface area contributed by atoms with E-state index in [1.165, 1.54) is 0 Å². The van der Waals surface area contributed by atoms with Crippen molar-refractivity contribution in [1.29, 1.82) is 0 Å². The van der Waals surface area contributed by atoms with Gasteiger partial charge >= 0.3 is 5.69 Å². The van der Waals surface area contributed by atoms with E-state index in [0.717, 1.165) is 35.8 Å². The van der Waals surface area contributed by atoms with Gasteiger partial charge in [0.1, 0.15) is 5.56 Å². The summed E-state index contributed by atoms with van der Waals surface area (Å²) in [5.41, 5.74) is 2.19. The Kier molecular flexibility index (Phi) is 7.94. The Morgan fingerprint density at radius 1 is 1.17 bits per heavy atom. The monoisotopic (exact) mass is 400 g/mol. The van der Waals surface area contributed by atoms with Crippen molar-refractivity contribution in [2.45, 2.75) is 59.3 Å². The number of rotatable bonds is 9. The van der Waals surface area contributed by atoms with E-state index in [9.17, 15) is 19.5 Å². The number of nitrogens with zero attached hydrogens (tertiary/aromatic N) is 2. The molecule has 0 radical (unpaired) electrons. The molecule has 156 valence electrons. The summed E-state index contributed by atoms with van der Waals surface area (Å²) >= 11 is 0. The number of aryl methyl sites for hydroxylation is 1. The van der Waals surface area contributed by atoms with Gasteiger partial charge in [-0.25, -0.2) is 14.8 Å². The Hall–Kier alpha value is -3.16. The molecule has 1 aromatic heterocycles. The van der Waals surface area contributed by atoms with Crippen molar-refractivity contribution in [1.82, 2.24) is 15.0 Å². The number of H-pyrrole nitrogens is 1. The van der Waals surface area contributed by atoms with Crippen LogP contribution in [0, 0.1) is 6.92 Å². The van der Waals surface area contributed by atoms with Gasteiger partial charge in [0, 0.05) is 6.42 Å². The molecule has 3 N–H and O–H groups in total. The molecule has 0 unspecified atom stereocenters. The van der Waals surface area contributed by atoms with E-state index in [4.69, 9.17) is 0 Å². The van der Waals surface area contributed by atoms with Crippen LogP contribution in [-0.2, 0) is 4.79 Å². The maximum Gasteiger partial charge on any atom is 0.335 e. The molecule has 2 rings (SSSR count). The lowest BCUT2D eigenvalue weighted by Crippen LogP contribution is -2.34. The van der Waals surface area contributed by atoms with E-state index in [2.05, 4.69) is 22.4 Å². The molecule has 0 atom stereocenters. The molecule has 8 heteroatoms. The Balaban J connectivity index is 2.38. The molecule has 1 amide bonds. The highest BCUT2D eigenvalue weighted by Crippen LogP contribution is 2.20. The summed E-state index contributed by atoms with van der Waals surface area (Å²) in [6, 6.07) is 6.99. The van der Waals surface area contributed by atoms with Gasteiger partial charge in [0.05, 0.1) is 11.4 Å². The van der Waals surface area contributed by atoms with Gasteiger partial charge in [0.15, 0.2) is 0 Å². The van der Waals surface area contributed by atoms with Crippen molar-refractivity contribution in [2.24, 2.45) is 5.10 Å². The molecule has 0 aliphatic heterocycles. The average Bonchev–Trinajstić information content (AvgIpc) is 2.69. The largest absolute Gasteiger partial charge is 0.493 e. The number of aromatic hydroxyl groups is 1. The third kappa shape index (κ3) is 5.43. The van der Waals surface area contributed by atoms with Gasteiger partial charge in [-0.05, 0) is 31.4 Å². The van der Waals surface area contributed by atoms with Gasteiger partial charge in [0.2, 0.25) is 11.8 Å². The first kappa shape index (κ1) is 22.1. The first-order chi connectivity index (χ1) is 13.9. The first-order valence-electron chi connectivity index (χ1n) is 9.90. The third-order valence-electron chi connectivity index (χ3n) is 4.64. The molecule has 29 heavy (non-hydrogen) atoms. The molecule has 0 saturated heterocycles. The Bertz CT molecular complexity index is 1000. The minimum atomic E-state index is -0.755. The summed E-state index contributed by atoms with van der Waals surface area (Å²) in [6.07, 6.45) is 4.50. The fourth-order valence-electron chi connectivity index (χ4n) is 3.03.